The van der Waals surface area contributed by atoms with Gasteiger partial charge < -0.3 is 10.4 Å². The first-order valence-corrected chi connectivity index (χ1v) is 10.3. The predicted octanol–water partition coefficient (Wildman–Crippen LogP) is 4.07. The molecule has 0 aliphatic carbocycles. The summed E-state index contributed by atoms with van der Waals surface area (Å²) < 4.78 is 1.19. The number of aryl methyl sites for hydroxylation is 1. The van der Waals surface area contributed by atoms with Crippen molar-refractivity contribution in [3.05, 3.63) is 65.2 Å². The summed E-state index contributed by atoms with van der Waals surface area (Å²) in [7, 11) is 0. The summed E-state index contributed by atoms with van der Waals surface area (Å²) in [6.07, 6.45) is 3.33. The number of para-hydroxylation sites is 1. The fourth-order valence-electron chi connectivity index (χ4n) is 3.06. The van der Waals surface area contributed by atoms with Gasteiger partial charge in [0.05, 0.1) is 21.1 Å². The first-order valence-electron chi connectivity index (χ1n) is 9.49. The topological polar surface area (TPSA) is 79.3 Å². The maximum atomic E-state index is 12.1. The average molecular weight is 397 g/mol. The number of carboxylic acid groups (broad SMARTS) is 1. The summed E-state index contributed by atoms with van der Waals surface area (Å²) in [6.45, 7) is 0.154. The molecule has 1 aromatic heterocycles. The van der Waals surface area contributed by atoms with E-state index >= 15 is 0 Å². The molecule has 1 heterocycles. The van der Waals surface area contributed by atoms with Gasteiger partial charge in [0, 0.05) is 13.0 Å². The van der Waals surface area contributed by atoms with Crippen molar-refractivity contribution in [3.63, 3.8) is 0 Å². The number of nitrogens with one attached hydrogen (secondary N) is 1. The Morgan fingerprint density at radius 1 is 1.04 bits per heavy atom. The molecule has 0 saturated carbocycles. The fraction of sp³-hybridized carbons (Fsp3) is 0.318. The van der Waals surface area contributed by atoms with Crippen LogP contribution in [0.3, 0.4) is 0 Å². The van der Waals surface area contributed by atoms with Crippen LogP contribution >= 0.6 is 11.3 Å². The molecule has 1 unspecified atom stereocenters. The van der Waals surface area contributed by atoms with Crippen LogP contribution in [-0.2, 0) is 22.4 Å². The van der Waals surface area contributed by atoms with Crippen molar-refractivity contribution in [1.82, 2.24) is 10.3 Å². The number of benzene rings is 2. The lowest BCUT2D eigenvalue weighted by molar-refractivity contribution is -0.141. The molecule has 1 amide bonds. The molecule has 0 aliphatic heterocycles. The van der Waals surface area contributed by atoms with E-state index in [4.69, 9.17) is 0 Å². The summed E-state index contributed by atoms with van der Waals surface area (Å²) in [5.41, 5.74) is 1.98. The first kappa shape index (κ1) is 20.0. The molecule has 28 heavy (non-hydrogen) atoms. The standard InChI is InChI=1S/C22H24N2O3S/c25-20(23-15-17(22(26)27)14-16-8-2-1-3-9-16)12-6-7-13-21-24-18-10-4-5-11-19(18)28-21/h1-5,8-11,17H,6-7,12-15H2,(H,23,25)(H,26,27). The Balaban J connectivity index is 1.37. The van der Waals surface area contributed by atoms with Crippen molar-refractivity contribution in [1.29, 1.82) is 0 Å². The summed E-state index contributed by atoms with van der Waals surface area (Å²) in [5, 5.41) is 13.3. The summed E-state index contributed by atoms with van der Waals surface area (Å²) >= 11 is 1.70. The van der Waals surface area contributed by atoms with Crippen LogP contribution in [0.5, 0.6) is 0 Å². The van der Waals surface area contributed by atoms with Crippen LogP contribution in [0.2, 0.25) is 0 Å². The van der Waals surface area contributed by atoms with E-state index in [1.54, 1.807) is 11.3 Å². The number of aliphatic carboxylic acids is 1. The van der Waals surface area contributed by atoms with Crippen molar-refractivity contribution in [3.8, 4) is 0 Å². The van der Waals surface area contributed by atoms with Crippen molar-refractivity contribution >= 4 is 33.4 Å². The largest absolute Gasteiger partial charge is 0.481 e. The van der Waals surface area contributed by atoms with Crippen molar-refractivity contribution < 1.29 is 14.7 Å². The van der Waals surface area contributed by atoms with Crippen LogP contribution in [0.1, 0.15) is 29.8 Å². The van der Waals surface area contributed by atoms with Gasteiger partial charge in [-0.2, -0.15) is 0 Å². The Kier molecular flexibility index (Phi) is 7.14. The van der Waals surface area contributed by atoms with E-state index in [1.165, 1.54) is 4.70 Å². The third-order valence-electron chi connectivity index (χ3n) is 4.60. The van der Waals surface area contributed by atoms with Crippen LogP contribution < -0.4 is 5.32 Å². The van der Waals surface area contributed by atoms with Crippen LogP contribution in [0.15, 0.2) is 54.6 Å². The first-order chi connectivity index (χ1) is 13.6. The molecule has 0 fully saturated rings. The molecule has 2 N–H and O–H groups in total. The molecule has 146 valence electrons. The summed E-state index contributed by atoms with van der Waals surface area (Å²) in [6, 6.07) is 17.6. The number of amides is 1. The van der Waals surface area contributed by atoms with E-state index < -0.39 is 11.9 Å². The lowest BCUT2D eigenvalue weighted by Crippen LogP contribution is -2.34. The molecule has 0 saturated heterocycles. The minimum Gasteiger partial charge on any atom is -0.481 e. The Hall–Kier alpha value is -2.73. The maximum Gasteiger partial charge on any atom is 0.308 e. The Morgan fingerprint density at radius 2 is 1.79 bits per heavy atom. The van der Waals surface area contributed by atoms with E-state index in [0.29, 0.717) is 12.8 Å². The van der Waals surface area contributed by atoms with Gasteiger partial charge in [-0.15, -0.1) is 11.3 Å². The molecule has 0 aliphatic rings. The SMILES string of the molecule is O=C(CCCCc1nc2ccccc2s1)NCC(Cc1ccccc1)C(=O)O. The van der Waals surface area contributed by atoms with Gasteiger partial charge in [-0.1, -0.05) is 42.5 Å². The Bertz CT molecular complexity index is 891. The van der Waals surface area contributed by atoms with Crippen LogP contribution in [0, 0.1) is 5.92 Å². The number of unbranched alkanes of at least 4 members (excludes halogenated alkanes) is 1. The monoisotopic (exact) mass is 396 g/mol. The van der Waals surface area contributed by atoms with Gasteiger partial charge in [-0.3, -0.25) is 9.59 Å². The third kappa shape index (κ3) is 5.89. The van der Waals surface area contributed by atoms with E-state index in [-0.39, 0.29) is 12.5 Å². The van der Waals surface area contributed by atoms with Gasteiger partial charge in [0.15, 0.2) is 0 Å². The molecule has 0 spiro atoms. The highest BCUT2D eigenvalue weighted by Crippen LogP contribution is 2.22. The second-order valence-corrected chi connectivity index (χ2v) is 7.93. The smallest absolute Gasteiger partial charge is 0.308 e. The highest BCUT2D eigenvalue weighted by Gasteiger charge is 2.18. The fourth-order valence-corrected chi connectivity index (χ4v) is 4.07. The van der Waals surface area contributed by atoms with E-state index in [9.17, 15) is 14.7 Å². The zero-order chi connectivity index (χ0) is 19.8. The zero-order valence-electron chi connectivity index (χ0n) is 15.6. The minimum absolute atomic E-state index is 0.0939. The van der Waals surface area contributed by atoms with Gasteiger partial charge in [0.1, 0.15) is 0 Å². The van der Waals surface area contributed by atoms with Gasteiger partial charge in [0.2, 0.25) is 5.91 Å². The maximum absolute atomic E-state index is 12.1. The molecule has 2 aromatic carbocycles. The number of thiazole rings is 1. The number of hydrogen-bond donors (Lipinski definition) is 2. The number of carbonyl (C=O) groups is 2. The molecule has 6 heteroatoms. The van der Waals surface area contributed by atoms with E-state index in [1.807, 2.05) is 48.5 Å². The molecule has 1 atom stereocenters. The highest BCUT2D eigenvalue weighted by atomic mass is 32.1. The Morgan fingerprint density at radius 3 is 2.54 bits per heavy atom. The molecule has 3 aromatic rings. The average Bonchev–Trinajstić information content (AvgIpc) is 3.12. The number of carbonyl (C=O) groups excluding carboxylic acids is 1. The van der Waals surface area contributed by atoms with Crippen molar-refractivity contribution in [2.75, 3.05) is 6.54 Å². The van der Waals surface area contributed by atoms with E-state index in [2.05, 4.69) is 16.4 Å². The number of hydrogen-bond acceptors (Lipinski definition) is 4. The number of carboxylic acids is 1. The van der Waals surface area contributed by atoms with Crippen molar-refractivity contribution in [2.45, 2.75) is 32.1 Å². The number of aromatic nitrogens is 1. The predicted molar refractivity (Wildman–Crippen MR) is 111 cm³/mol. The molecule has 5 nitrogen and oxygen atoms in total. The van der Waals surface area contributed by atoms with E-state index in [0.717, 1.165) is 35.4 Å². The lowest BCUT2D eigenvalue weighted by atomic mass is 9.99. The zero-order valence-corrected chi connectivity index (χ0v) is 16.5. The number of rotatable bonds is 10. The molecule has 0 radical (unpaired) electrons. The second kappa shape index (κ2) is 9.99. The van der Waals surface area contributed by atoms with Gasteiger partial charge in [-0.05, 0) is 43.4 Å². The molecule has 0 bridgehead atoms. The lowest BCUT2D eigenvalue weighted by Gasteiger charge is -2.13. The van der Waals surface area contributed by atoms with Gasteiger partial charge in [-0.25, -0.2) is 4.98 Å². The summed E-state index contributed by atoms with van der Waals surface area (Å²) in [4.78, 5) is 28.1. The molecular weight excluding hydrogens is 372 g/mol. The third-order valence-corrected chi connectivity index (χ3v) is 5.70. The summed E-state index contributed by atoms with van der Waals surface area (Å²) in [5.74, 6) is -1.60. The number of fused-ring (bicyclic) bond motifs is 1. The Labute approximate surface area is 168 Å². The molecule has 3 rings (SSSR count). The minimum atomic E-state index is -0.889. The van der Waals surface area contributed by atoms with Gasteiger partial charge in [0.25, 0.3) is 0 Å². The normalized spacial score (nSPS) is 12.0. The van der Waals surface area contributed by atoms with Gasteiger partial charge >= 0.3 is 5.97 Å². The quantitative estimate of drug-likeness (QED) is 0.506. The van der Waals surface area contributed by atoms with Crippen LogP contribution in [0.4, 0.5) is 0 Å². The molecular formula is C22H24N2O3S. The van der Waals surface area contributed by atoms with Crippen LogP contribution in [0.25, 0.3) is 10.2 Å². The second-order valence-electron chi connectivity index (χ2n) is 6.81. The van der Waals surface area contributed by atoms with Crippen molar-refractivity contribution in [2.24, 2.45) is 5.92 Å². The highest BCUT2D eigenvalue weighted by molar-refractivity contribution is 7.18. The number of nitrogens with zero attached hydrogens (tertiary/aromatic N) is 1. The van der Waals surface area contributed by atoms with Crippen LogP contribution in [-0.4, -0.2) is 28.5 Å².